The van der Waals surface area contributed by atoms with Gasteiger partial charge in [-0.25, -0.2) is 4.98 Å². The van der Waals surface area contributed by atoms with Gasteiger partial charge in [0.25, 0.3) is 0 Å². The van der Waals surface area contributed by atoms with Crippen molar-refractivity contribution in [2.24, 2.45) is 0 Å². The van der Waals surface area contributed by atoms with Gasteiger partial charge in [0.05, 0.1) is 19.4 Å². The zero-order chi connectivity index (χ0) is 22.8. The minimum absolute atomic E-state index is 0.120. The van der Waals surface area contributed by atoms with Gasteiger partial charge in [-0.3, -0.25) is 14.9 Å². The Kier molecular flexibility index (Phi) is 5.69. The average molecular weight is 452 g/mol. The first-order chi connectivity index (χ1) is 16.1. The van der Waals surface area contributed by atoms with Gasteiger partial charge < -0.3 is 25.0 Å². The quantitative estimate of drug-likeness (QED) is 0.452. The maximum atomic E-state index is 13.1. The van der Waals surface area contributed by atoms with Crippen molar-refractivity contribution < 1.29 is 14.3 Å². The second-order valence-electron chi connectivity index (χ2n) is 7.89. The van der Waals surface area contributed by atoms with Crippen molar-refractivity contribution in [2.45, 2.75) is 37.3 Å². The molecule has 13 nitrogen and oxygen atoms in total. The van der Waals surface area contributed by atoms with E-state index in [-0.39, 0.29) is 24.0 Å². The molecule has 0 spiro atoms. The van der Waals surface area contributed by atoms with Crippen LogP contribution < -0.4 is 20.3 Å². The maximum Gasteiger partial charge on any atom is 0.322 e. The van der Waals surface area contributed by atoms with E-state index in [1.54, 1.807) is 12.0 Å². The van der Waals surface area contributed by atoms with Gasteiger partial charge in [-0.1, -0.05) is 0 Å². The zero-order valence-corrected chi connectivity index (χ0v) is 18.2. The standard InChI is InChI=1S/C20H24N10O3/c1-32-12-7-14(17(31)23-16-9-21-5-6-22-16)30(10-12)19-25-18(26-20(27-19)33-2)24-15-8-13(28-29-15)11-3-4-11/h5-6,8-9,11-12,14H,3-4,7,10H2,1-2H3,(H,22,23,31)(H2,24,25,26,27,28,29)/t12-,14-/m0/s1. The van der Waals surface area contributed by atoms with Crippen molar-refractivity contribution in [3.05, 3.63) is 30.4 Å². The maximum absolute atomic E-state index is 13.1. The Morgan fingerprint density at radius 3 is 2.79 bits per heavy atom. The predicted octanol–water partition coefficient (Wildman–Crippen LogP) is 1.25. The number of amides is 1. The summed E-state index contributed by atoms with van der Waals surface area (Å²) in [7, 11) is 3.09. The molecule has 1 amide bonds. The number of carbonyl (C=O) groups is 1. The number of nitrogens with one attached hydrogen (secondary N) is 3. The third kappa shape index (κ3) is 4.67. The number of hydrogen-bond acceptors (Lipinski definition) is 11. The molecular weight excluding hydrogens is 428 g/mol. The molecule has 0 bridgehead atoms. The number of carbonyl (C=O) groups excluding carboxylic acids is 1. The van der Waals surface area contributed by atoms with E-state index in [4.69, 9.17) is 9.47 Å². The minimum Gasteiger partial charge on any atom is -0.467 e. The predicted molar refractivity (Wildman–Crippen MR) is 117 cm³/mol. The van der Waals surface area contributed by atoms with Crippen LogP contribution in [-0.2, 0) is 9.53 Å². The first-order valence-corrected chi connectivity index (χ1v) is 10.6. The number of aromatic nitrogens is 7. The number of nitrogens with zero attached hydrogens (tertiary/aromatic N) is 7. The molecule has 0 radical (unpaired) electrons. The van der Waals surface area contributed by atoms with Gasteiger partial charge in [0.2, 0.25) is 17.8 Å². The van der Waals surface area contributed by atoms with E-state index in [2.05, 4.69) is 45.8 Å². The fraction of sp³-hybridized carbons (Fsp3) is 0.450. The van der Waals surface area contributed by atoms with Gasteiger partial charge in [-0.05, 0) is 12.8 Å². The lowest BCUT2D eigenvalue weighted by Gasteiger charge is -2.23. The highest BCUT2D eigenvalue weighted by Crippen LogP contribution is 2.39. The molecule has 2 fully saturated rings. The lowest BCUT2D eigenvalue weighted by Crippen LogP contribution is -2.41. The lowest BCUT2D eigenvalue weighted by molar-refractivity contribution is -0.117. The Hall–Kier alpha value is -3.87. The molecule has 1 aliphatic carbocycles. The van der Waals surface area contributed by atoms with E-state index in [9.17, 15) is 4.79 Å². The molecule has 1 saturated carbocycles. The first kappa shape index (κ1) is 21.0. The van der Waals surface area contributed by atoms with Crippen molar-refractivity contribution in [1.29, 1.82) is 0 Å². The number of rotatable bonds is 8. The summed E-state index contributed by atoms with van der Waals surface area (Å²) in [6.45, 7) is 0.426. The molecule has 172 valence electrons. The Morgan fingerprint density at radius 1 is 1.18 bits per heavy atom. The highest BCUT2D eigenvalue weighted by Gasteiger charge is 2.39. The average Bonchev–Trinajstić information content (AvgIpc) is 3.42. The summed E-state index contributed by atoms with van der Waals surface area (Å²) in [5.41, 5.74) is 1.09. The molecule has 2 aliphatic rings. The van der Waals surface area contributed by atoms with E-state index in [0.29, 0.717) is 36.5 Å². The molecule has 3 aromatic rings. The summed E-state index contributed by atoms with van der Waals surface area (Å²) in [5, 5.41) is 13.2. The van der Waals surface area contributed by atoms with Crippen LogP contribution in [0.25, 0.3) is 0 Å². The first-order valence-electron chi connectivity index (χ1n) is 10.6. The van der Waals surface area contributed by atoms with E-state index in [0.717, 1.165) is 5.69 Å². The summed E-state index contributed by atoms with van der Waals surface area (Å²) in [4.78, 5) is 36.1. The molecule has 0 unspecified atom stereocenters. The minimum atomic E-state index is -0.580. The summed E-state index contributed by atoms with van der Waals surface area (Å²) in [6, 6.07) is 1.49. The van der Waals surface area contributed by atoms with E-state index >= 15 is 0 Å². The SMILES string of the molecule is COc1nc(Nc2cc(C3CC3)[nH]n2)nc(N2C[C@@H](OC)C[C@H]2C(=O)Nc2cnccn2)n1. The van der Waals surface area contributed by atoms with Crippen LogP contribution in [-0.4, -0.2) is 73.9 Å². The topological polar surface area (TPSA) is 156 Å². The summed E-state index contributed by atoms with van der Waals surface area (Å²) in [5.74, 6) is 1.81. The molecule has 3 N–H and O–H groups in total. The molecular formula is C20H24N10O3. The van der Waals surface area contributed by atoms with Crippen LogP contribution in [0.5, 0.6) is 6.01 Å². The summed E-state index contributed by atoms with van der Waals surface area (Å²) in [6.07, 6.45) is 7.16. The molecule has 2 atom stereocenters. The van der Waals surface area contributed by atoms with Crippen molar-refractivity contribution in [3.63, 3.8) is 0 Å². The van der Waals surface area contributed by atoms with Crippen LogP contribution in [0.4, 0.5) is 23.5 Å². The molecule has 4 heterocycles. The number of methoxy groups -OCH3 is 2. The monoisotopic (exact) mass is 452 g/mol. The normalized spacial score (nSPS) is 20.0. The second kappa shape index (κ2) is 8.94. The lowest BCUT2D eigenvalue weighted by atomic mass is 10.2. The number of ether oxygens (including phenoxy) is 2. The Bertz CT molecular complexity index is 1120. The third-order valence-electron chi connectivity index (χ3n) is 5.61. The van der Waals surface area contributed by atoms with Crippen LogP contribution in [0, 0.1) is 0 Å². The summed E-state index contributed by atoms with van der Waals surface area (Å²) < 4.78 is 10.8. The van der Waals surface area contributed by atoms with Crippen LogP contribution >= 0.6 is 0 Å². The molecule has 0 aromatic carbocycles. The molecule has 1 aliphatic heterocycles. The van der Waals surface area contributed by atoms with Crippen molar-refractivity contribution in [3.8, 4) is 6.01 Å². The number of anilines is 4. The van der Waals surface area contributed by atoms with Gasteiger partial charge >= 0.3 is 6.01 Å². The van der Waals surface area contributed by atoms with Crippen molar-refractivity contribution >= 4 is 29.4 Å². The smallest absolute Gasteiger partial charge is 0.322 e. The Labute approximate surface area is 189 Å². The third-order valence-corrected chi connectivity index (χ3v) is 5.61. The number of hydrogen-bond donors (Lipinski definition) is 3. The number of H-pyrrole nitrogens is 1. The van der Waals surface area contributed by atoms with Crippen LogP contribution in [0.1, 0.15) is 30.9 Å². The zero-order valence-electron chi connectivity index (χ0n) is 18.2. The van der Waals surface area contributed by atoms with E-state index in [1.807, 2.05) is 6.07 Å². The van der Waals surface area contributed by atoms with Gasteiger partial charge in [-0.2, -0.15) is 20.1 Å². The number of aromatic amines is 1. The molecule has 3 aromatic heterocycles. The van der Waals surface area contributed by atoms with Gasteiger partial charge in [0, 0.05) is 50.1 Å². The van der Waals surface area contributed by atoms with Gasteiger partial charge in [0.15, 0.2) is 11.6 Å². The highest BCUT2D eigenvalue weighted by atomic mass is 16.5. The van der Waals surface area contributed by atoms with Crippen LogP contribution in [0.15, 0.2) is 24.7 Å². The van der Waals surface area contributed by atoms with E-state index in [1.165, 1.54) is 38.5 Å². The Morgan fingerprint density at radius 2 is 2.06 bits per heavy atom. The van der Waals surface area contributed by atoms with Gasteiger partial charge in [-0.15, -0.1) is 0 Å². The van der Waals surface area contributed by atoms with Crippen molar-refractivity contribution in [1.82, 2.24) is 35.1 Å². The fourth-order valence-electron chi connectivity index (χ4n) is 3.75. The van der Waals surface area contributed by atoms with E-state index < -0.39 is 6.04 Å². The van der Waals surface area contributed by atoms with Crippen molar-refractivity contribution in [2.75, 3.05) is 36.3 Å². The molecule has 13 heteroatoms. The fourth-order valence-corrected chi connectivity index (χ4v) is 3.75. The van der Waals surface area contributed by atoms with Gasteiger partial charge in [0.1, 0.15) is 6.04 Å². The largest absolute Gasteiger partial charge is 0.467 e. The van der Waals surface area contributed by atoms with Crippen LogP contribution in [0.3, 0.4) is 0 Å². The molecule has 5 rings (SSSR count). The second-order valence-corrected chi connectivity index (χ2v) is 7.89. The van der Waals surface area contributed by atoms with Crippen LogP contribution in [0.2, 0.25) is 0 Å². The molecule has 33 heavy (non-hydrogen) atoms. The summed E-state index contributed by atoms with van der Waals surface area (Å²) >= 11 is 0. The highest BCUT2D eigenvalue weighted by molar-refractivity contribution is 5.96. The Balaban J connectivity index is 1.39. The molecule has 1 saturated heterocycles.